The third kappa shape index (κ3) is 8.09. The highest BCUT2D eigenvalue weighted by atomic mass is 127. The number of hydrogen-bond acceptors (Lipinski definition) is 12. The first-order chi connectivity index (χ1) is 17.7. The summed E-state index contributed by atoms with van der Waals surface area (Å²) >= 11 is 0. The molecule has 0 spiro atoms. The van der Waals surface area contributed by atoms with Crippen molar-refractivity contribution in [3.05, 3.63) is 41.7 Å². The van der Waals surface area contributed by atoms with Gasteiger partial charge in [-0.2, -0.15) is 9.97 Å². The average Bonchev–Trinajstić information content (AvgIpc) is 2.87. The Bertz CT molecular complexity index is 1270. The summed E-state index contributed by atoms with van der Waals surface area (Å²) < 4.78 is 9.93. The number of nitrogens with zero attached hydrogens (tertiary/aromatic N) is 5. The third-order valence-corrected chi connectivity index (χ3v) is 5.29. The summed E-state index contributed by atoms with van der Waals surface area (Å²) in [6.45, 7) is 4.15. The molecule has 0 saturated heterocycles. The highest BCUT2D eigenvalue weighted by Crippen LogP contribution is 2.19. The molecule has 1 amide bonds. The molecule has 0 unspecified atom stereocenters. The monoisotopic (exact) mass is 638 g/mol. The second-order valence-electron chi connectivity index (χ2n) is 8.03. The number of halogens is 1. The third-order valence-electron chi connectivity index (χ3n) is 5.29. The number of hydrogen-bond donors (Lipinski definition) is 3. The summed E-state index contributed by atoms with van der Waals surface area (Å²) in [5.74, 6) is -1.35. The van der Waals surface area contributed by atoms with Gasteiger partial charge in [0.1, 0.15) is 6.04 Å². The molecule has 204 valence electrons. The minimum Gasteiger partial charge on any atom is -0.466 e. The molecule has 5 N–H and O–H groups in total. The molecule has 0 aliphatic heterocycles. The molecule has 0 aliphatic rings. The molecule has 3 aromatic rings. The molecule has 0 aliphatic carbocycles. The molecule has 14 heteroatoms. The Kier molecular flexibility index (Phi) is 11.4. The second kappa shape index (κ2) is 14.2. The van der Waals surface area contributed by atoms with E-state index in [4.69, 9.17) is 20.9 Å². The van der Waals surface area contributed by atoms with Crippen LogP contribution >= 0.6 is 24.0 Å². The van der Waals surface area contributed by atoms with E-state index in [-0.39, 0.29) is 61.8 Å². The van der Waals surface area contributed by atoms with Crippen LogP contribution in [0.1, 0.15) is 42.7 Å². The summed E-state index contributed by atoms with van der Waals surface area (Å²) in [6.07, 6.45) is 1.63. The lowest BCUT2D eigenvalue weighted by molar-refractivity contribution is -0.146. The maximum atomic E-state index is 12.8. The van der Waals surface area contributed by atoms with Crippen molar-refractivity contribution >= 4 is 70.4 Å². The van der Waals surface area contributed by atoms with Crippen LogP contribution in [0.4, 0.5) is 17.5 Å². The van der Waals surface area contributed by atoms with E-state index in [0.717, 1.165) is 5.69 Å². The fraction of sp³-hybridized carbons (Fsp3) is 0.375. The first-order valence-corrected chi connectivity index (χ1v) is 11.7. The first kappa shape index (κ1) is 30.4. The van der Waals surface area contributed by atoms with Gasteiger partial charge in [-0.3, -0.25) is 9.59 Å². The van der Waals surface area contributed by atoms with E-state index >= 15 is 0 Å². The lowest BCUT2D eigenvalue weighted by atomic mass is 10.1. The zero-order chi connectivity index (χ0) is 26.9. The fourth-order valence-corrected chi connectivity index (χ4v) is 3.49. The van der Waals surface area contributed by atoms with Crippen LogP contribution in [0.25, 0.3) is 11.2 Å². The fourth-order valence-electron chi connectivity index (χ4n) is 3.49. The van der Waals surface area contributed by atoms with E-state index in [1.165, 1.54) is 0 Å². The summed E-state index contributed by atoms with van der Waals surface area (Å²) in [7, 11) is 1.86. The largest absolute Gasteiger partial charge is 0.466 e. The smallest absolute Gasteiger partial charge is 0.328 e. The highest BCUT2D eigenvalue weighted by Gasteiger charge is 2.24. The molecule has 1 atom stereocenters. The van der Waals surface area contributed by atoms with E-state index in [9.17, 15) is 14.4 Å². The minimum atomic E-state index is -0.975. The zero-order valence-corrected chi connectivity index (χ0v) is 23.7. The summed E-state index contributed by atoms with van der Waals surface area (Å²) in [6, 6.07) is 5.82. The molecule has 1 aromatic carbocycles. The van der Waals surface area contributed by atoms with Crippen molar-refractivity contribution in [1.29, 1.82) is 0 Å². The predicted octanol–water partition coefficient (Wildman–Crippen LogP) is 1.84. The number of esters is 2. The van der Waals surface area contributed by atoms with Crippen LogP contribution in [0.15, 0.2) is 30.5 Å². The molecule has 0 radical (unpaired) electrons. The van der Waals surface area contributed by atoms with Crippen molar-refractivity contribution in [2.45, 2.75) is 39.3 Å². The SMILES string of the molecule is CCOC(=O)CC[C@H](NC(=O)c1ccc(N(C)Cc2cnc3nc(N)nc(N)c3n2)cc1)C(=O)OCC.I. The second-order valence-corrected chi connectivity index (χ2v) is 8.03. The van der Waals surface area contributed by atoms with Gasteiger partial charge in [0.2, 0.25) is 5.95 Å². The number of anilines is 3. The number of nitrogens with one attached hydrogen (secondary N) is 1. The lowest BCUT2D eigenvalue weighted by Crippen LogP contribution is -2.42. The van der Waals surface area contributed by atoms with E-state index in [1.807, 2.05) is 11.9 Å². The highest BCUT2D eigenvalue weighted by molar-refractivity contribution is 14.0. The van der Waals surface area contributed by atoms with Crippen LogP contribution in [0.5, 0.6) is 0 Å². The van der Waals surface area contributed by atoms with E-state index in [1.54, 1.807) is 44.3 Å². The molecule has 2 heterocycles. The van der Waals surface area contributed by atoms with E-state index in [2.05, 4.69) is 25.3 Å². The topological polar surface area (TPSA) is 189 Å². The quantitative estimate of drug-likeness (QED) is 0.205. The summed E-state index contributed by atoms with van der Waals surface area (Å²) in [4.78, 5) is 55.4. The Morgan fingerprint density at radius 1 is 1.03 bits per heavy atom. The Balaban J connectivity index is 0.00000507. The van der Waals surface area contributed by atoms with Gasteiger partial charge in [0.25, 0.3) is 5.91 Å². The van der Waals surface area contributed by atoms with Crippen LogP contribution in [0.3, 0.4) is 0 Å². The van der Waals surface area contributed by atoms with Crippen LogP contribution in [0.2, 0.25) is 0 Å². The van der Waals surface area contributed by atoms with Gasteiger partial charge >= 0.3 is 11.9 Å². The van der Waals surface area contributed by atoms with Crippen molar-refractivity contribution in [2.24, 2.45) is 0 Å². The van der Waals surface area contributed by atoms with E-state index < -0.39 is 23.9 Å². The predicted molar refractivity (Wildman–Crippen MR) is 152 cm³/mol. The van der Waals surface area contributed by atoms with Gasteiger partial charge in [0.05, 0.1) is 31.6 Å². The van der Waals surface area contributed by atoms with Crippen molar-refractivity contribution in [3.63, 3.8) is 0 Å². The van der Waals surface area contributed by atoms with Gasteiger partial charge in [-0.05, 0) is 44.5 Å². The number of carbonyl (C=O) groups excluding carboxylic acids is 3. The number of ether oxygens (including phenoxy) is 2. The first-order valence-electron chi connectivity index (χ1n) is 11.7. The molecule has 0 bridgehead atoms. The number of amides is 1. The number of nitrogens with two attached hydrogens (primary N) is 2. The van der Waals surface area contributed by atoms with Gasteiger partial charge in [-0.25, -0.2) is 14.8 Å². The van der Waals surface area contributed by atoms with Crippen molar-refractivity contribution < 1.29 is 23.9 Å². The van der Waals surface area contributed by atoms with Crippen LogP contribution in [-0.4, -0.2) is 64.1 Å². The number of aromatic nitrogens is 4. The number of rotatable bonds is 11. The standard InChI is InChI=1S/C24H30N8O5.HI/c1-4-36-18(33)11-10-17(23(35)37-5-2)29-22(34)14-6-8-16(9-7-14)32(3)13-15-12-27-21-19(28-15)20(25)30-24(26)31-21;/h6-9,12,17H,4-5,10-11,13H2,1-3H3,(H,29,34)(H4,25,26,27,30,31);1H/t17-;/m0./s1. The van der Waals surface area contributed by atoms with Crippen molar-refractivity contribution in [2.75, 3.05) is 36.6 Å². The van der Waals surface area contributed by atoms with Gasteiger partial charge in [0, 0.05) is 24.7 Å². The summed E-state index contributed by atoms with van der Waals surface area (Å²) in [5, 5.41) is 2.64. The Morgan fingerprint density at radius 2 is 1.71 bits per heavy atom. The zero-order valence-electron chi connectivity index (χ0n) is 21.3. The van der Waals surface area contributed by atoms with Gasteiger partial charge in [-0.15, -0.1) is 24.0 Å². The van der Waals surface area contributed by atoms with Crippen LogP contribution in [-0.2, 0) is 25.6 Å². The molecule has 0 saturated carbocycles. The lowest BCUT2D eigenvalue weighted by Gasteiger charge is -2.20. The molecule has 2 aromatic heterocycles. The Hall–Kier alpha value is -3.82. The Labute approximate surface area is 236 Å². The minimum absolute atomic E-state index is 0. The van der Waals surface area contributed by atoms with Gasteiger partial charge in [-0.1, -0.05) is 0 Å². The van der Waals surface area contributed by atoms with Gasteiger partial charge in [0.15, 0.2) is 17.0 Å². The van der Waals surface area contributed by atoms with Crippen LogP contribution < -0.4 is 21.7 Å². The van der Waals surface area contributed by atoms with E-state index in [0.29, 0.717) is 29.0 Å². The maximum absolute atomic E-state index is 12.8. The molecular weight excluding hydrogens is 607 g/mol. The Morgan fingerprint density at radius 3 is 2.37 bits per heavy atom. The number of benzene rings is 1. The number of carbonyl (C=O) groups is 3. The van der Waals surface area contributed by atoms with Crippen molar-refractivity contribution in [1.82, 2.24) is 25.3 Å². The summed E-state index contributed by atoms with van der Waals surface area (Å²) in [5.41, 5.74) is 14.0. The van der Waals surface area contributed by atoms with Gasteiger partial charge < -0.3 is 31.2 Å². The molecule has 38 heavy (non-hydrogen) atoms. The molecule has 0 fully saturated rings. The van der Waals surface area contributed by atoms with Crippen LogP contribution in [0, 0.1) is 0 Å². The molecule has 3 rings (SSSR count). The number of nitrogen functional groups attached to an aromatic ring is 2. The molecular formula is C24H31IN8O5. The molecule has 13 nitrogen and oxygen atoms in total. The average molecular weight is 638 g/mol. The van der Waals surface area contributed by atoms with Crippen molar-refractivity contribution in [3.8, 4) is 0 Å². The maximum Gasteiger partial charge on any atom is 0.328 e. The normalized spacial score (nSPS) is 11.2. The number of fused-ring (bicyclic) bond motifs is 1.